The molecule has 6 nitrogen and oxygen atoms in total. The highest BCUT2D eigenvalue weighted by Gasteiger charge is 2.11. The Morgan fingerprint density at radius 2 is 2.00 bits per heavy atom. The standard InChI is InChI=1S/C17H18ClN3O3/c1-11(20-14-6-4-13(18)5-7-14)17(23)21-19-10-12-3-8-15(22)16(9-12)24-2/h3-11,20,22H,1-2H3,(H,21,23)/b19-10-/t11-/m0/s1. The van der Waals surface area contributed by atoms with E-state index in [0.29, 0.717) is 16.3 Å². The van der Waals surface area contributed by atoms with Crippen molar-refractivity contribution < 1.29 is 14.6 Å². The van der Waals surface area contributed by atoms with E-state index >= 15 is 0 Å². The van der Waals surface area contributed by atoms with Gasteiger partial charge in [0.2, 0.25) is 0 Å². The average molecular weight is 348 g/mol. The predicted molar refractivity (Wildman–Crippen MR) is 94.9 cm³/mol. The van der Waals surface area contributed by atoms with Crippen LogP contribution < -0.4 is 15.5 Å². The highest BCUT2D eigenvalue weighted by Crippen LogP contribution is 2.25. The largest absolute Gasteiger partial charge is 0.504 e. The summed E-state index contributed by atoms with van der Waals surface area (Å²) < 4.78 is 5.01. The molecule has 2 rings (SSSR count). The number of hydrogen-bond acceptors (Lipinski definition) is 5. The highest BCUT2D eigenvalue weighted by atomic mass is 35.5. The molecular weight excluding hydrogens is 330 g/mol. The van der Waals surface area contributed by atoms with E-state index in [1.807, 2.05) is 0 Å². The zero-order chi connectivity index (χ0) is 17.5. The number of hydrogen-bond donors (Lipinski definition) is 3. The molecule has 1 amide bonds. The number of phenols is 1. The molecule has 3 N–H and O–H groups in total. The molecule has 7 heteroatoms. The maximum absolute atomic E-state index is 12.0. The molecule has 2 aromatic rings. The number of aromatic hydroxyl groups is 1. The molecule has 0 aliphatic rings. The van der Waals surface area contributed by atoms with Crippen molar-refractivity contribution >= 4 is 29.4 Å². The first-order valence-electron chi connectivity index (χ1n) is 7.21. The zero-order valence-corrected chi connectivity index (χ0v) is 14.0. The van der Waals surface area contributed by atoms with Crippen molar-refractivity contribution in [3.8, 4) is 11.5 Å². The smallest absolute Gasteiger partial charge is 0.262 e. The minimum Gasteiger partial charge on any atom is -0.504 e. The summed E-state index contributed by atoms with van der Waals surface area (Å²) in [6, 6.07) is 11.3. The summed E-state index contributed by atoms with van der Waals surface area (Å²) in [7, 11) is 1.46. The Bertz CT molecular complexity index is 732. The normalized spacial score (nSPS) is 12.0. The van der Waals surface area contributed by atoms with Crippen molar-refractivity contribution in [2.24, 2.45) is 5.10 Å². The van der Waals surface area contributed by atoms with E-state index in [1.165, 1.54) is 19.4 Å². The molecular formula is C17H18ClN3O3. The van der Waals surface area contributed by atoms with Gasteiger partial charge in [-0.25, -0.2) is 5.43 Å². The molecule has 0 bridgehead atoms. The van der Waals surface area contributed by atoms with Crippen molar-refractivity contribution in [3.05, 3.63) is 53.1 Å². The maximum atomic E-state index is 12.0. The first kappa shape index (κ1) is 17.6. The van der Waals surface area contributed by atoms with Crippen molar-refractivity contribution in [2.45, 2.75) is 13.0 Å². The number of hydrazone groups is 1. The first-order chi connectivity index (χ1) is 11.5. The number of nitrogens with one attached hydrogen (secondary N) is 2. The Morgan fingerprint density at radius 3 is 2.67 bits per heavy atom. The van der Waals surface area contributed by atoms with Gasteiger partial charge in [0, 0.05) is 10.7 Å². The fourth-order valence-corrected chi connectivity index (χ4v) is 2.03. The number of amides is 1. The molecule has 0 fully saturated rings. The minimum atomic E-state index is -0.474. The number of anilines is 1. The van der Waals surface area contributed by atoms with Crippen LogP contribution in [0.15, 0.2) is 47.6 Å². The third-order valence-corrected chi connectivity index (χ3v) is 3.46. The topological polar surface area (TPSA) is 83.0 Å². The summed E-state index contributed by atoms with van der Waals surface area (Å²) in [5.41, 5.74) is 3.92. The SMILES string of the molecule is COc1cc(/C=N\NC(=O)[C@H](C)Nc2ccc(Cl)cc2)ccc1O. The van der Waals surface area contributed by atoms with E-state index in [1.54, 1.807) is 43.3 Å². The number of nitrogens with zero attached hydrogens (tertiary/aromatic N) is 1. The van der Waals surface area contributed by atoms with Crippen LogP contribution in [0.2, 0.25) is 5.02 Å². The monoisotopic (exact) mass is 347 g/mol. The molecule has 126 valence electrons. The summed E-state index contributed by atoms with van der Waals surface area (Å²) in [5, 5.41) is 17.1. The van der Waals surface area contributed by atoms with E-state index in [9.17, 15) is 9.90 Å². The van der Waals surface area contributed by atoms with E-state index in [4.69, 9.17) is 16.3 Å². The van der Waals surface area contributed by atoms with Crippen molar-refractivity contribution in [3.63, 3.8) is 0 Å². The van der Waals surface area contributed by atoms with Crippen LogP contribution in [-0.2, 0) is 4.79 Å². The molecule has 0 heterocycles. The van der Waals surface area contributed by atoms with Gasteiger partial charge in [0.1, 0.15) is 6.04 Å². The van der Waals surface area contributed by atoms with E-state index < -0.39 is 6.04 Å². The molecule has 0 spiro atoms. The second-order valence-electron chi connectivity index (χ2n) is 5.04. The number of ether oxygens (including phenoxy) is 1. The quantitative estimate of drug-likeness (QED) is 0.554. The van der Waals surface area contributed by atoms with Gasteiger partial charge in [0.15, 0.2) is 11.5 Å². The van der Waals surface area contributed by atoms with Gasteiger partial charge in [-0.15, -0.1) is 0 Å². The summed E-state index contributed by atoms with van der Waals surface area (Å²) >= 11 is 5.82. The Morgan fingerprint density at radius 1 is 1.29 bits per heavy atom. The van der Waals surface area contributed by atoms with Crippen LogP contribution >= 0.6 is 11.6 Å². The number of carbonyl (C=O) groups excluding carboxylic acids is 1. The zero-order valence-electron chi connectivity index (χ0n) is 13.3. The number of halogens is 1. The summed E-state index contributed by atoms with van der Waals surface area (Å²) in [6.07, 6.45) is 1.47. The number of benzene rings is 2. The molecule has 1 atom stereocenters. The van der Waals surface area contributed by atoms with Gasteiger partial charge in [-0.1, -0.05) is 11.6 Å². The number of carbonyl (C=O) groups is 1. The summed E-state index contributed by atoms with van der Waals surface area (Å²) in [6.45, 7) is 1.73. The van der Waals surface area contributed by atoms with Gasteiger partial charge in [-0.05, 0) is 55.0 Å². The van der Waals surface area contributed by atoms with Crippen molar-refractivity contribution in [1.29, 1.82) is 0 Å². The third-order valence-electron chi connectivity index (χ3n) is 3.21. The highest BCUT2D eigenvalue weighted by molar-refractivity contribution is 6.30. The first-order valence-corrected chi connectivity index (χ1v) is 7.59. The lowest BCUT2D eigenvalue weighted by Crippen LogP contribution is -2.34. The van der Waals surface area contributed by atoms with Crippen LogP contribution in [0.3, 0.4) is 0 Å². The summed E-state index contributed by atoms with van der Waals surface area (Å²) in [4.78, 5) is 12.0. The van der Waals surface area contributed by atoms with E-state index in [-0.39, 0.29) is 11.7 Å². The molecule has 0 saturated carbocycles. The summed E-state index contributed by atoms with van der Waals surface area (Å²) in [5.74, 6) is 0.0921. The molecule has 24 heavy (non-hydrogen) atoms. The average Bonchev–Trinajstić information content (AvgIpc) is 2.58. The maximum Gasteiger partial charge on any atom is 0.262 e. The van der Waals surface area contributed by atoms with Gasteiger partial charge < -0.3 is 15.2 Å². The van der Waals surface area contributed by atoms with Gasteiger partial charge in [0.25, 0.3) is 5.91 Å². The van der Waals surface area contributed by atoms with Crippen molar-refractivity contribution in [2.75, 3.05) is 12.4 Å². The predicted octanol–water partition coefficient (Wildman–Crippen LogP) is 3.00. The number of methoxy groups -OCH3 is 1. The van der Waals surface area contributed by atoms with Gasteiger partial charge in [-0.3, -0.25) is 4.79 Å². The lowest BCUT2D eigenvalue weighted by atomic mass is 10.2. The Labute approximate surface area is 145 Å². The Balaban J connectivity index is 1.90. The second-order valence-corrected chi connectivity index (χ2v) is 5.47. The molecule has 0 unspecified atom stereocenters. The fourth-order valence-electron chi connectivity index (χ4n) is 1.90. The lowest BCUT2D eigenvalue weighted by molar-refractivity contribution is -0.121. The number of rotatable bonds is 6. The fraction of sp³-hybridized carbons (Fsp3) is 0.176. The van der Waals surface area contributed by atoms with E-state index in [0.717, 1.165) is 5.69 Å². The van der Waals surface area contributed by atoms with Gasteiger partial charge >= 0.3 is 0 Å². The lowest BCUT2D eigenvalue weighted by Gasteiger charge is -2.13. The second kappa shape index (κ2) is 8.21. The van der Waals surface area contributed by atoms with Crippen LogP contribution in [0, 0.1) is 0 Å². The molecule has 0 saturated heterocycles. The minimum absolute atomic E-state index is 0.0412. The molecule has 0 aromatic heterocycles. The molecule has 2 aromatic carbocycles. The molecule has 0 aliphatic carbocycles. The molecule has 0 aliphatic heterocycles. The Hall–Kier alpha value is -2.73. The van der Waals surface area contributed by atoms with Gasteiger partial charge in [-0.2, -0.15) is 5.10 Å². The third kappa shape index (κ3) is 4.89. The van der Waals surface area contributed by atoms with Crippen LogP contribution in [0.4, 0.5) is 5.69 Å². The van der Waals surface area contributed by atoms with Crippen LogP contribution in [0.25, 0.3) is 0 Å². The van der Waals surface area contributed by atoms with E-state index in [2.05, 4.69) is 15.8 Å². The molecule has 0 radical (unpaired) electrons. The van der Waals surface area contributed by atoms with Gasteiger partial charge in [0.05, 0.1) is 13.3 Å². The van der Waals surface area contributed by atoms with Crippen LogP contribution in [-0.4, -0.2) is 30.4 Å². The van der Waals surface area contributed by atoms with Crippen LogP contribution in [0.5, 0.6) is 11.5 Å². The Kier molecular flexibility index (Phi) is 6.03. The van der Waals surface area contributed by atoms with Crippen LogP contribution in [0.1, 0.15) is 12.5 Å². The number of phenolic OH excluding ortho intramolecular Hbond substituents is 1. The van der Waals surface area contributed by atoms with Crippen molar-refractivity contribution in [1.82, 2.24) is 5.43 Å².